The van der Waals surface area contributed by atoms with Crippen LogP contribution >= 0.6 is 27.7 Å². The second kappa shape index (κ2) is 6.50. The van der Waals surface area contributed by atoms with Crippen molar-refractivity contribution in [3.05, 3.63) is 28.2 Å². The normalized spacial score (nSPS) is 22.9. The standard InChI is InChI=1S/C15H20BrNO2S/c1-11-8-12(16)4-5-13(11)20-9-14(18)17-7-3-6-15(2,19)10-17/h4-5,8,19H,3,6-7,9-10H2,1-2H3. The predicted molar refractivity (Wildman–Crippen MR) is 86.0 cm³/mol. The van der Waals surface area contributed by atoms with E-state index in [1.807, 2.05) is 19.1 Å². The van der Waals surface area contributed by atoms with Gasteiger partial charge in [-0.05, 0) is 50.5 Å². The number of β-amino-alcohol motifs (C(OH)–C–C–N with tert-alkyl or cyclic N) is 1. The smallest absolute Gasteiger partial charge is 0.233 e. The van der Waals surface area contributed by atoms with Crippen LogP contribution in [0.15, 0.2) is 27.6 Å². The number of benzene rings is 1. The van der Waals surface area contributed by atoms with Crippen molar-refractivity contribution in [3.63, 3.8) is 0 Å². The second-order valence-corrected chi connectivity index (χ2v) is 7.55. The van der Waals surface area contributed by atoms with Gasteiger partial charge in [0.2, 0.25) is 5.91 Å². The molecule has 2 rings (SSSR count). The molecule has 0 saturated carbocycles. The van der Waals surface area contributed by atoms with Crippen LogP contribution < -0.4 is 0 Å². The van der Waals surface area contributed by atoms with Gasteiger partial charge in [-0.2, -0.15) is 0 Å². The van der Waals surface area contributed by atoms with E-state index in [4.69, 9.17) is 0 Å². The fraction of sp³-hybridized carbons (Fsp3) is 0.533. The maximum Gasteiger partial charge on any atom is 0.233 e. The Balaban J connectivity index is 1.92. The van der Waals surface area contributed by atoms with E-state index in [0.717, 1.165) is 28.8 Å². The lowest BCUT2D eigenvalue weighted by atomic mass is 9.95. The molecule has 0 spiro atoms. The number of thioether (sulfide) groups is 1. The lowest BCUT2D eigenvalue weighted by Gasteiger charge is -2.36. The summed E-state index contributed by atoms with van der Waals surface area (Å²) in [4.78, 5) is 15.1. The first-order chi connectivity index (χ1) is 9.37. The molecule has 1 N–H and O–H groups in total. The monoisotopic (exact) mass is 357 g/mol. The minimum atomic E-state index is -0.730. The van der Waals surface area contributed by atoms with Gasteiger partial charge in [0.25, 0.3) is 0 Å². The van der Waals surface area contributed by atoms with Crippen molar-refractivity contribution in [1.29, 1.82) is 0 Å². The van der Waals surface area contributed by atoms with Crippen molar-refractivity contribution in [2.45, 2.75) is 37.2 Å². The predicted octanol–water partition coefficient (Wildman–Crippen LogP) is 3.22. The summed E-state index contributed by atoms with van der Waals surface area (Å²) in [6, 6.07) is 6.08. The molecule has 3 nitrogen and oxygen atoms in total. The SMILES string of the molecule is Cc1cc(Br)ccc1SCC(=O)N1CCCC(C)(O)C1. The molecule has 20 heavy (non-hydrogen) atoms. The van der Waals surface area contributed by atoms with Gasteiger partial charge in [-0.15, -0.1) is 11.8 Å². The van der Waals surface area contributed by atoms with Crippen LogP contribution in [0.4, 0.5) is 0 Å². The number of rotatable bonds is 3. The van der Waals surface area contributed by atoms with Crippen molar-refractivity contribution in [3.8, 4) is 0 Å². The van der Waals surface area contributed by atoms with Crippen LogP contribution in [0.2, 0.25) is 0 Å². The Bertz CT molecular complexity index is 505. The van der Waals surface area contributed by atoms with Crippen molar-refractivity contribution in [2.24, 2.45) is 0 Å². The quantitative estimate of drug-likeness (QED) is 0.844. The van der Waals surface area contributed by atoms with E-state index >= 15 is 0 Å². The van der Waals surface area contributed by atoms with Gasteiger partial charge >= 0.3 is 0 Å². The molecule has 0 bridgehead atoms. The summed E-state index contributed by atoms with van der Waals surface area (Å²) in [6.45, 7) is 5.06. The Kier molecular flexibility index (Phi) is 5.15. The molecule has 0 radical (unpaired) electrons. The number of amides is 1. The average Bonchev–Trinajstić information content (AvgIpc) is 2.36. The van der Waals surface area contributed by atoms with E-state index in [0.29, 0.717) is 12.3 Å². The van der Waals surface area contributed by atoms with Crippen molar-refractivity contribution >= 4 is 33.6 Å². The molecule has 110 valence electrons. The Morgan fingerprint density at radius 2 is 2.30 bits per heavy atom. The molecule has 0 aromatic heterocycles. The van der Waals surface area contributed by atoms with E-state index in [2.05, 4.69) is 22.0 Å². The molecule has 1 saturated heterocycles. The molecule has 1 aliphatic heterocycles. The fourth-order valence-corrected chi connectivity index (χ4v) is 3.83. The third-order valence-electron chi connectivity index (χ3n) is 3.52. The number of aryl methyl sites for hydroxylation is 1. The van der Waals surface area contributed by atoms with Gasteiger partial charge in [0.1, 0.15) is 0 Å². The summed E-state index contributed by atoms with van der Waals surface area (Å²) in [7, 11) is 0. The maximum atomic E-state index is 12.2. The summed E-state index contributed by atoms with van der Waals surface area (Å²) >= 11 is 5.00. The molecule has 1 aliphatic rings. The molecule has 1 fully saturated rings. The first-order valence-electron chi connectivity index (χ1n) is 6.76. The second-order valence-electron chi connectivity index (χ2n) is 5.61. The van der Waals surface area contributed by atoms with Gasteiger partial charge in [0, 0.05) is 22.5 Å². The summed E-state index contributed by atoms with van der Waals surface area (Å²) in [5.74, 6) is 0.538. The van der Waals surface area contributed by atoms with E-state index in [9.17, 15) is 9.90 Å². The van der Waals surface area contributed by atoms with Crippen LogP contribution in [-0.2, 0) is 4.79 Å². The molecule has 1 unspecified atom stereocenters. The highest BCUT2D eigenvalue weighted by molar-refractivity contribution is 9.10. The minimum absolute atomic E-state index is 0.109. The lowest BCUT2D eigenvalue weighted by molar-refractivity contribution is -0.134. The lowest BCUT2D eigenvalue weighted by Crippen LogP contribution is -2.49. The number of hydrogen-bond acceptors (Lipinski definition) is 3. The van der Waals surface area contributed by atoms with E-state index in [1.54, 1.807) is 23.6 Å². The molecule has 1 aromatic rings. The molecule has 5 heteroatoms. The number of carbonyl (C=O) groups excluding carboxylic acids is 1. The van der Waals surface area contributed by atoms with Gasteiger partial charge < -0.3 is 10.0 Å². The number of nitrogens with zero attached hydrogens (tertiary/aromatic N) is 1. The Morgan fingerprint density at radius 1 is 1.55 bits per heavy atom. The highest BCUT2D eigenvalue weighted by Crippen LogP contribution is 2.26. The zero-order chi connectivity index (χ0) is 14.8. The van der Waals surface area contributed by atoms with Crippen LogP contribution in [-0.4, -0.2) is 40.4 Å². The van der Waals surface area contributed by atoms with Crippen LogP contribution in [0.5, 0.6) is 0 Å². The van der Waals surface area contributed by atoms with Crippen LogP contribution in [0.25, 0.3) is 0 Å². The fourth-order valence-electron chi connectivity index (χ4n) is 2.44. The number of hydrogen-bond donors (Lipinski definition) is 1. The summed E-state index contributed by atoms with van der Waals surface area (Å²) < 4.78 is 1.05. The van der Waals surface area contributed by atoms with Crippen LogP contribution in [0.1, 0.15) is 25.3 Å². The van der Waals surface area contributed by atoms with Crippen LogP contribution in [0.3, 0.4) is 0 Å². The molecule has 1 amide bonds. The molecule has 1 aromatic carbocycles. The molecular formula is C15H20BrNO2S. The molecule has 1 heterocycles. The summed E-state index contributed by atoms with van der Waals surface area (Å²) in [6.07, 6.45) is 1.65. The number of piperidine rings is 1. The number of halogens is 1. The van der Waals surface area contributed by atoms with E-state index < -0.39 is 5.60 Å². The Labute approximate surface area is 132 Å². The maximum absolute atomic E-state index is 12.2. The first-order valence-corrected chi connectivity index (χ1v) is 8.54. The van der Waals surface area contributed by atoms with Gasteiger partial charge in [0.05, 0.1) is 11.4 Å². The zero-order valence-electron chi connectivity index (χ0n) is 11.9. The number of carbonyl (C=O) groups is 1. The first kappa shape index (κ1) is 15.9. The van der Waals surface area contributed by atoms with E-state index in [-0.39, 0.29) is 5.91 Å². The third kappa shape index (κ3) is 4.24. The Morgan fingerprint density at radius 3 is 2.95 bits per heavy atom. The highest BCUT2D eigenvalue weighted by Gasteiger charge is 2.30. The van der Waals surface area contributed by atoms with Gasteiger partial charge in [-0.3, -0.25) is 4.79 Å². The number of likely N-dealkylation sites (tertiary alicyclic amines) is 1. The van der Waals surface area contributed by atoms with Crippen molar-refractivity contribution < 1.29 is 9.90 Å². The average molecular weight is 358 g/mol. The Hall–Kier alpha value is -0.520. The number of aliphatic hydroxyl groups is 1. The highest BCUT2D eigenvalue weighted by atomic mass is 79.9. The van der Waals surface area contributed by atoms with Crippen molar-refractivity contribution in [2.75, 3.05) is 18.8 Å². The molecular weight excluding hydrogens is 338 g/mol. The third-order valence-corrected chi connectivity index (χ3v) is 5.17. The zero-order valence-corrected chi connectivity index (χ0v) is 14.3. The van der Waals surface area contributed by atoms with Gasteiger partial charge in [0.15, 0.2) is 0 Å². The molecule has 0 aliphatic carbocycles. The largest absolute Gasteiger partial charge is 0.388 e. The minimum Gasteiger partial charge on any atom is -0.388 e. The van der Waals surface area contributed by atoms with Crippen LogP contribution in [0, 0.1) is 6.92 Å². The summed E-state index contributed by atoms with van der Waals surface area (Å²) in [5.41, 5.74) is 0.439. The van der Waals surface area contributed by atoms with Gasteiger partial charge in [-0.1, -0.05) is 15.9 Å². The van der Waals surface area contributed by atoms with E-state index in [1.165, 1.54) is 5.56 Å². The molecule has 1 atom stereocenters. The van der Waals surface area contributed by atoms with Gasteiger partial charge in [-0.25, -0.2) is 0 Å². The summed E-state index contributed by atoms with van der Waals surface area (Å²) in [5, 5.41) is 10.0. The van der Waals surface area contributed by atoms with Crippen molar-refractivity contribution in [1.82, 2.24) is 4.90 Å². The topological polar surface area (TPSA) is 40.5 Å².